The lowest BCUT2D eigenvalue weighted by atomic mass is 9.92. The number of hydrogen-bond donors (Lipinski definition) is 1. The second-order valence-electron chi connectivity index (χ2n) is 8.24. The number of carbonyl (C=O) groups excluding carboxylic acids is 1. The summed E-state index contributed by atoms with van der Waals surface area (Å²) in [5.41, 5.74) is 4.75. The van der Waals surface area contributed by atoms with Gasteiger partial charge in [-0.2, -0.15) is 5.26 Å². The third kappa shape index (κ3) is 4.67. The summed E-state index contributed by atoms with van der Waals surface area (Å²) in [4.78, 5) is 21.9. The first-order chi connectivity index (χ1) is 17.0. The van der Waals surface area contributed by atoms with Crippen LogP contribution in [0.15, 0.2) is 60.8 Å². The normalized spacial score (nSPS) is 14.7. The number of hydrogen-bond acceptors (Lipinski definition) is 6. The third-order valence-electron chi connectivity index (χ3n) is 5.94. The zero-order valence-electron chi connectivity index (χ0n) is 18.9. The first kappa shape index (κ1) is 22.4. The number of benzene rings is 2. The Hall–Kier alpha value is -4.35. The third-order valence-corrected chi connectivity index (χ3v) is 5.94. The molecule has 1 aliphatic rings. The van der Waals surface area contributed by atoms with Crippen molar-refractivity contribution in [3.05, 3.63) is 89.0 Å². The number of pyridine rings is 2. The van der Waals surface area contributed by atoms with Gasteiger partial charge in [0.1, 0.15) is 11.6 Å². The van der Waals surface area contributed by atoms with Gasteiger partial charge in [-0.25, -0.2) is 9.37 Å². The summed E-state index contributed by atoms with van der Waals surface area (Å²) in [6.07, 6.45) is 1.69. The number of methoxy groups -OCH3 is 1. The first-order valence-electron chi connectivity index (χ1n) is 11.0. The molecule has 35 heavy (non-hydrogen) atoms. The van der Waals surface area contributed by atoms with Gasteiger partial charge in [-0.1, -0.05) is 6.07 Å². The average molecular weight is 468 g/mol. The largest absolute Gasteiger partial charge is 0.497 e. The molecule has 0 radical (unpaired) electrons. The van der Waals surface area contributed by atoms with E-state index in [0.717, 1.165) is 16.5 Å². The Bertz CT molecular complexity index is 1480. The van der Waals surface area contributed by atoms with Crippen LogP contribution in [-0.4, -0.2) is 29.6 Å². The van der Waals surface area contributed by atoms with E-state index >= 15 is 0 Å². The number of rotatable bonds is 5. The molecule has 1 atom stereocenters. The maximum absolute atomic E-state index is 13.9. The van der Waals surface area contributed by atoms with Crippen molar-refractivity contribution in [2.75, 3.05) is 13.7 Å². The van der Waals surface area contributed by atoms with E-state index in [0.29, 0.717) is 47.0 Å². The van der Waals surface area contributed by atoms with Crippen molar-refractivity contribution in [3.8, 4) is 23.1 Å². The average Bonchev–Trinajstić information content (AvgIpc) is 2.90. The molecule has 2 aromatic carbocycles. The van der Waals surface area contributed by atoms with Gasteiger partial charge in [0.25, 0.3) is 5.91 Å². The monoisotopic (exact) mass is 468 g/mol. The number of nitriles is 1. The van der Waals surface area contributed by atoms with Crippen LogP contribution < -0.4 is 10.1 Å². The fraction of sp³-hybridized carbons (Fsp3) is 0.185. The van der Waals surface area contributed by atoms with Crippen molar-refractivity contribution in [2.24, 2.45) is 0 Å². The number of ether oxygens (including phenoxy) is 2. The molecule has 5 rings (SSSR count). The maximum Gasteiger partial charge on any atom is 0.251 e. The number of fused-ring (bicyclic) bond motifs is 2. The van der Waals surface area contributed by atoms with Crippen LogP contribution in [0.25, 0.3) is 22.2 Å². The highest BCUT2D eigenvalue weighted by molar-refractivity contribution is 5.94. The van der Waals surface area contributed by atoms with Crippen LogP contribution >= 0.6 is 0 Å². The van der Waals surface area contributed by atoms with Crippen molar-refractivity contribution in [1.29, 1.82) is 5.26 Å². The highest BCUT2D eigenvalue weighted by Crippen LogP contribution is 2.28. The van der Waals surface area contributed by atoms with Crippen LogP contribution in [0.4, 0.5) is 4.39 Å². The standard InChI is InChI=1S/C27H21FN4O3/c1-34-23-7-19(6-21(28)9-23)25-5-4-17-12-30-22(10-26(17)32-25)13-31-27(33)16-2-3-18-14-35-15-20(11-29)24(18)8-16/h2-10,12,20H,13-15H2,1H3,(H,31,33). The predicted molar refractivity (Wildman–Crippen MR) is 127 cm³/mol. The minimum atomic E-state index is -0.407. The lowest BCUT2D eigenvalue weighted by Gasteiger charge is -2.21. The van der Waals surface area contributed by atoms with Crippen LogP contribution in [-0.2, 0) is 17.9 Å². The Balaban J connectivity index is 1.35. The van der Waals surface area contributed by atoms with Crippen LogP contribution in [0, 0.1) is 17.1 Å². The topological polar surface area (TPSA) is 97.1 Å². The van der Waals surface area contributed by atoms with Gasteiger partial charge in [-0.05, 0) is 53.6 Å². The van der Waals surface area contributed by atoms with E-state index in [1.54, 1.807) is 36.5 Å². The van der Waals surface area contributed by atoms with Gasteiger partial charge in [0, 0.05) is 28.8 Å². The molecule has 4 aromatic rings. The highest BCUT2D eigenvalue weighted by atomic mass is 19.1. The zero-order valence-corrected chi connectivity index (χ0v) is 18.9. The van der Waals surface area contributed by atoms with E-state index in [-0.39, 0.29) is 18.4 Å². The van der Waals surface area contributed by atoms with Gasteiger partial charge in [0.15, 0.2) is 0 Å². The van der Waals surface area contributed by atoms with E-state index in [4.69, 9.17) is 9.47 Å². The fourth-order valence-electron chi connectivity index (χ4n) is 4.09. The lowest BCUT2D eigenvalue weighted by Crippen LogP contribution is -2.24. The molecular weight excluding hydrogens is 447 g/mol. The van der Waals surface area contributed by atoms with Gasteiger partial charge < -0.3 is 14.8 Å². The number of amides is 1. The summed E-state index contributed by atoms with van der Waals surface area (Å²) >= 11 is 0. The minimum absolute atomic E-state index is 0.205. The summed E-state index contributed by atoms with van der Waals surface area (Å²) in [6.45, 7) is 0.969. The summed E-state index contributed by atoms with van der Waals surface area (Å²) in [7, 11) is 1.49. The summed E-state index contributed by atoms with van der Waals surface area (Å²) < 4.78 is 24.5. The predicted octanol–water partition coefficient (Wildman–Crippen LogP) is 4.51. The molecule has 7 nitrogen and oxygen atoms in total. The van der Waals surface area contributed by atoms with Gasteiger partial charge in [-0.15, -0.1) is 0 Å². The quantitative estimate of drug-likeness (QED) is 0.463. The van der Waals surface area contributed by atoms with Gasteiger partial charge in [0.2, 0.25) is 0 Å². The van der Waals surface area contributed by atoms with Crippen LogP contribution in [0.2, 0.25) is 0 Å². The first-order valence-corrected chi connectivity index (χ1v) is 11.0. The Morgan fingerprint density at radius 2 is 2.11 bits per heavy atom. The van der Waals surface area contributed by atoms with Crippen molar-refractivity contribution in [1.82, 2.24) is 15.3 Å². The molecule has 1 N–H and O–H groups in total. The number of halogens is 1. The molecule has 1 aliphatic heterocycles. The summed E-state index contributed by atoms with van der Waals surface area (Å²) in [5.74, 6) is -0.635. The van der Waals surface area contributed by atoms with Gasteiger partial charge in [0.05, 0.1) is 55.8 Å². The van der Waals surface area contributed by atoms with E-state index in [1.165, 1.54) is 19.2 Å². The van der Waals surface area contributed by atoms with Crippen molar-refractivity contribution in [2.45, 2.75) is 19.1 Å². The molecule has 8 heteroatoms. The molecule has 3 heterocycles. The Morgan fingerprint density at radius 1 is 1.23 bits per heavy atom. The Labute approximate surface area is 201 Å². The summed E-state index contributed by atoms with van der Waals surface area (Å²) in [5, 5.41) is 13.1. The Morgan fingerprint density at radius 3 is 2.94 bits per heavy atom. The molecule has 1 amide bonds. The van der Waals surface area contributed by atoms with Crippen LogP contribution in [0.5, 0.6) is 5.75 Å². The van der Waals surface area contributed by atoms with Gasteiger partial charge >= 0.3 is 0 Å². The molecular formula is C27H21FN4O3. The van der Waals surface area contributed by atoms with Crippen LogP contribution in [0.1, 0.15) is 33.1 Å². The summed E-state index contributed by atoms with van der Waals surface area (Å²) in [6, 6.07) is 17.4. The van der Waals surface area contributed by atoms with Gasteiger partial charge in [-0.3, -0.25) is 9.78 Å². The molecule has 1 unspecified atom stereocenters. The molecule has 2 aromatic heterocycles. The van der Waals surface area contributed by atoms with Crippen molar-refractivity contribution >= 4 is 16.8 Å². The van der Waals surface area contributed by atoms with E-state index < -0.39 is 5.82 Å². The van der Waals surface area contributed by atoms with Crippen LogP contribution in [0.3, 0.4) is 0 Å². The number of aromatic nitrogens is 2. The molecule has 0 saturated carbocycles. The maximum atomic E-state index is 13.9. The smallest absolute Gasteiger partial charge is 0.251 e. The number of carbonyl (C=O) groups is 1. The SMILES string of the molecule is COc1cc(F)cc(-c2ccc3cnc(CNC(=O)c4ccc5c(c4)C(C#N)COC5)cc3n2)c1. The molecule has 0 fully saturated rings. The van der Waals surface area contributed by atoms with Crippen molar-refractivity contribution < 1.29 is 18.7 Å². The van der Waals surface area contributed by atoms with Crippen molar-refractivity contribution in [3.63, 3.8) is 0 Å². The number of nitrogens with zero attached hydrogens (tertiary/aromatic N) is 3. The van der Waals surface area contributed by atoms with E-state index in [2.05, 4.69) is 21.4 Å². The molecule has 174 valence electrons. The molecule has 0 spiro atoms. The second kappa shape index (κ2) is 9.49. The van der Waals surface area contributed by atoms with E-state index in [1.807, 2.05) is 12.1 Å². The number of nitrogens with one attached hydrogen (secondary N) is 1. The highest BCUT2D eigenvalue weighted by Gasteiger charge is 2.22. The minimum Gasteiger partial charge on any atom is -0.497 e. The Kier molecular flexibility index (Phi) is 6.08. The van der Waals surface area contributed by atoms with E-state index in [9.17, 15) is 14.4 Å². The second-order valence-corrected chi connectivity index (χ2v) is 8.24. The zero-order chi connectivity index (χ0) is 24.4. The lowest BCUT2D eigenvalue weighted by molar-refractivity contribution is 0.0945. The fourth-order valence-corrected chi connectivity index (χ4v) is 4.09. The molecule has 0 saturated heterocycles. The molecule has 0 aliphatic carbocycles. The molecule has 0 bridgehead atoms.